The quantitative estimate of drug-likeness (QED) is 0.271. The van der Waals surface area contributed by atoms with Crippen molar-refractivity contribution in [3.05, 3.63) is 0 Å². The average Bonchev–Trinajstić information content (AvgIpc) is 2.11. The predicted molar refractivity (Wildman–Crippen MR) is 55.2 cm³/mol. The van der Waals surface area contributed by atoms with Gasteiger partial charge in [0.05, 0.1) is 0 Å². The van der Waals surface area contributed by atoms with Crippen molar-refractivity contribution in [1.82, 2.24) is 0 Å². The average molecular weight is 245 g/mol. The molecule has 0 radical (unpaired) electrons. The Morgan fingerprint density at radius 1 is 0.929 bits per heavy atom. The van der Waals surface area contributed by atoms with Gasteiger partial charge in [0.1, 0.15) is 0 Å². The van der Waals surface area contributed by atoms with E-state index >= 15 is 0 Å². The van der Waals surface area contributed by atoms with Crippen LogP contribution in [0.15, 0.2) is 0 Å². The van der Waals surface area contributed by atoms with Crippen LogP contribution >= 0.6 is 16.8 Å². The van der Waals surface area contributed by atoms with E-state index in [0.29, 0.717) is 19.4 Å². The molecule has 6 nitrogen and oxygen atoms in total. The summed E-state index contributed by atoms with van der Waals surface area (Å²) >= 11 is 0. The second-order valence-corrected chi connectivity index (χ2v) is 5.94. The van der Waals surface area contributed by atoms with E-state index < -0.39 is 21.8 Å². The lowest BCUT2D eigenvalue weighted by molar-refractivity contribution is 0.154. The van der Waals surface area contributed by atoms with E-state index in [4.69, 9.17) is 25.3 Å². The zero-order valence-electron chi connectivity index (χ0n) is 7.74. The van der Waals surface area contributed by atoms with E-state index in [1.165, 1.54) is 0 Å². The minimum Gasteiger partial charge on any atom is -0.372 e. The Labute approximate surface area is 85.2 Å². The Bertz CT molecular complexity index is 149. The summed E-state index contributed by atoms with van der Waals surface area (Å²) < 4.78 is 0. The van der Waals surface area contributed by atoms with E-state index in [2.05, 4.69) is 0 Å². The topological polar surface area (TPSA) is 127 Å². The molecule has 0 saturated carbocycles. The lowest BCUT2D eigenvalue weighted by Crippen LogP contribution is -2.23. The zero-order chi connectivity index (χ0) is 11.2. The second-order valence-electron chi connectivity index (χ2n) is 2.95. The van der Waals surface area contributed by atoms with Crippen molar-refractivity contribution in [1.29, 1.82) is 0 Å². The van der Waals surface area contributed by atoms with Gasteiger partial charge >= 0.3 is 0 Å². The summed E-state index contributed by atoms with van der Waals surface area (Å²) in [5, 5.41) is 7.35. The van der Waals surface area contributed by atoms with Gasteiger partial charge in [-0.25, -0.2) is 0 Å². The third kappa shape index (κ3) is 4.43. The fourth-order valence-electron chi connectivity index (χ4n) is 0.963. The van der Waals surface area contributed by atoms with E-state index in [9.17, 15) is 5.11 Å². The number of nitrogens with two attached hydrogens (primary N) is 1. The molecule has 14 heavy (non-hydrogen) atoms. The molecule has 0 aromatic heterocycles. The maximum absolute atomic E-state index is 9.49. The van der Waals surface area contributed by atoms with E-state index in [1.807, 2.05) is 0 Å². The normalized spacial score (nSPS) is 12.9. The third-order valence-electron chi connectivity index (χ3n) is 1.86. The van der Waals surface area contributed by atoms with Gasteiger partial charge in [-0.15, -0.1) is 0 Å². The van der Waals surface area contributed by atoms with Crippen LogP contribution < -0.4 is 5.73 Å². The predicted octanol–water partition coefficient (Wildman–Crippen LogP) is -0.255. The van der Waals surface area contributed by atoms with Gasteiger partial charge in [0.15, 0.2) is 0 Å². The molecule has 0 spiro atoms. The van der Waals surface area contributed by atoms with Crippen LogP contribution in [0.3, 0.4) is 0 Å². The lowest BCUT2D eigenvalue weighted by Gasteiger charge is -2.29. The highest BCUT2D eigenvalue weighted by Crippen LogP contribution is 2.60. The van der Waals surface area contributed by atoms with Crippen LogP contribution in [0.25, 0.3) is 0 Å². The minimum absolute atomic E-state index is 0.0373. The van der Waals surface area contributed by atoms with Crippen LogP contribution in [0.5, 0.6) is 0 Å². The van der Waals surface area contributed by atoms with Crippen molar-refractivity contribution in [2.45, 2.75) is 30.8 Å². The van der Waals surface area contributed by atoms with Crippen molar-refractivity contribution in [2.75, 3.05) is 6.54 Å². The summed E-state index contributed by atoms with van der Waals surface area (Å²) in [6.07, 6.45) is 1.92. The highest BCUT2D eigenvalue weighted by Gasteiger charge is 2.43. The summed E-state index contributed by atoms with van der Waals surface area (Å²) in [6.45, 7) is 0.526. The van der Waals surface area contributed by atoms with Gasteiger partial charge in [-0.3, -0.25) is 0 Å². The smallest absolute Gasteiger partial charge is 0.208 e. The molecule has 0 unspecified atom stereocenters. The number of aliphatic hydroxyl groups is 1. The third-order valence-corrected chi connectivity index (χ3v) is 4.66. The van der Waals surface area contributed by atoms with Gasteiger partial charge in [0, 0.05) is 0 Å². The maximum Gasteiger partial charge on any atom is 0.208 e. The van der Waals surface area contributed by atoms with Gasteiger partial charge < -0.3 is 30.4 Å². The molecule has 0 atom stereocenters. The van der Waals surface area contributed by atoms with Gasteiger partial charge in [-0.1, -0.05) is 6.42 Å². The number of hydrogen-bond acceptors (Lipinski definition) is 6. The molecule has 0 aromatic rings. The van der Waals surface area contributed by atoms with Crippen molar-refractivity contribution >= 4 is 16.8 Å². The summed E-state index contributed by atoms with van der Waals surface area (Å²) in [5.41, 5.74) is 5.25. The Morgan fingerprint density at radius 2 is 1.43 bits per heavy atom. The first kappa shape index (κ1) is 14.6. The first-order valence-electron chi connectivity index (χ1n) is 4.23. The highest BCUT2D eigenvalue weighted by atomic mass is 31.2. The minimum atomic E-state index is -2.75. The molecule has 8 heteroatoms. The van der Waals surface area contributed by atoms with Gasteiger partial charge in [-0.05, 0) is 25.8 Å². The summed E-state index contributed by atoms with van der Waals surface area (Å²) in [4.78, 5) is 35.4. The first-order valence-corrected chi connectivity index (χ1v) is 6.73. The molecule has 7 N–H and O–H groups in total. The highest BCUT2D eigenvalue weighted by molar-refractivity contribution is 7.65. The largest absolute Gasteiger partial charge is 0.372 e. The molecular weight excluding hydrogens is 228 g/mol. The van der Waals surface area contributed by atoms with Crippen molar-refractivity contribution in [3.8, 4) is 0 Å². The summed E-state index contributed by atoms with van der Waals surface area (Å²) in [6, 6.07) is 0. The fourth-order valence-corrected chi connectivity index (χ4v) is 2.32. The SMILES string of the molecule is NCCCCCC(O)(P(O)O)P(O)O. The molecule has 0 rings (SSSR count). The van der Waals surface area contributed by atoms with Crippen LogP contribution in [0.1, 0.15) is 25.7 Å². The Balaban J connectivity index is 3.98. The monoisotopic (exact) mass is 245 g/mol. The Hall–Kier alpha value is 0.620. The van der Waals surface area contributed by atoms with Crippen LogP contribution in [-0.4, -0.2) is 36.3 Å². The van der Waals surface area contributed by atoms with Crippen LogP contribution in [-0.2, 0) is 0 Å². The molecule has 0 heterocycles. The maximum atomic E-state index is 9.49. The van der Waals surface area contributed by atoms with Crippen LogP contribution in [0.4, 0.5) is 0 Å². The van der Waals surface area contributed by atoms with Crippen molar-refractivity contribution in [3.63, 3.8) is 0 Å². The zero-order valence-corrected chi connectivity index (χ0v) is 9.53. The summed E-state index contributed by atoms with van der Waals surface area (Å²) in [5.74, 6) is 0. The van der Waals surface area contributed by atoms with Crippen molar-refractivity contribution < 1.29 is 24.7 Å². The number of unbranched alkanes of at least 4 members (excludes halogenated alkanes) is 2. The van der Waals surface area contributed by atoms with Gasteiger partial charge in [0.2, 0.25) is 21.8 Å². The van der Waals surface area contributed by atoms with Gasteiger partial charge in [-0.2, -0.15) is 0 Å². The van der Waals surface area contributed by atoms with E-state index in [1.54, 1.807) is 0 Å². The van der Waals surface area contributed by atoms with Crippen molar-refractivity contribution in [2.24, 2.45) is 5.73 Å². The molecule has 0 bridgehead atoms. The molecule has 0 aliphatic heterocycles. The second kappa shape index (κ2) is 6.99. The molecule has 86 valence electrons. The lowest BCUT2D eigenvalue weighted by atomic mass is 10.2. The molecule has 0 saturated heterocycles. The van der Waals surface area contributed by atoms with Crippen LogP contribution in [0.2, 0.25) is 0 Å². The van der Waals surface area contributed by atoms with E-state index in [0.717, 1.165) is 6.42 Å². The molecule has 0 fully saturated rings. The Kier molecular flexibility index (Phi) is 7.30. The molecule has 0 aliphatic carbocycles. The van der Waals surface area contributed by atoms with Gasteiger partial charge in [0.25, 0.3) is 0 Å². The fraction of sp³-hybridized carbons (Fsp3) is 1.00. The summed E-state index contributed by atoms with van der Waals surface area (Å²) in [7, 11) is -5.51. The molecule has 0 amide bonds. The first-order chi connectivity index (χ1) is 6.45. The van der Waals surface area contributed by atoms with E-state index in [-0.39, 0.29) is 6.42 Å². The molecule has 0 aromatic carbocycles. The standard InChI is InChI=1S/C6H17NO5P2/c7-5-3-1-2-4-6(8,13(9)10)14(11)12/h8-12H,1-5,7H2. The molecular formula is C6H17NO5P2. The number of hydrogen-bond donors (Lipinski definition) is 6. The number of rotatable bonds is 7. The molecule has 0 aliphatic rings. The Morgan fingerprint density at radius 3 is 1.79 bits per heavy atom. The van der Waals surface area contributed by atoms with Crippen LogP contribution in [0, 0.1) is 0 Å².